The van der Waals surface area contributed by atoms with Gasteiger partial charge in [0.05, 0.1) is 6.61 Å². The predicted molar refractivity (Wildman–Crippen MR) is 112 cm³/mol. The molecular formula is C23H28N2O4. The number of rotatable bonds is 8. The molecule has 154 valence electrons. The van der Waals surface area contributed by atoms with Crippen molar-refractivity contribution in [3.63, 3.8) is 0 Å². The Morgan fingerprint density at radius 2 is 1.86 bits per heavy atom. The number of carbonyl (C=O) groups excluding carboxylic acids is 2. The number of nitrogens with zero attached hydrogens (tertiary/aromatic N) is 1. The van der Waals surface area contributed by atoms with Gasteiger partial charge < -0.3 is 14.8 Å². The van der Waals surface area contributed by atoms with Gasteiger partial charge in [0.1, 0.15) is 18.4 Å². The number of carbonyl (C=O) groups is 2. The Balaban J connectivity index is 1.51. The second kappa shape index (κ2) is 10.5. The molecule has 1 saturated heterocycles. The maximum atomic E-state index is 12.7. The number of amides is 2. The van der Waals surface area contributed by atoms with Crippen LogP contribution in [-0.4, -0.2) is 36.1 Å². The summed E-state index contributed by atoms with van der Waals surface area (Å²) in [5.74, 6) is 0.543. The van der Waals surface area contributed by atoms with Crippen molar-refractivity contribution < 1.29 is 19.1 Å². The van der Waals surface area contributed by atoms with Crippen LogP contribution in [-0.2, 0) is 16.1 Å². The zero-order chi connectivity index (χ0) is 20.5. The van der Waals surface area contributed by atoms with Gasteiger partial charge >= 0.3 is 6.09 Å². The summed E-state index contributed by atoms with van der Waals surface area (Å²) in [6.07, 6.45) is 2.83. The Hall–Kier alpha value is -3.02. The van der Waals surface area contributed by atoms with E-state index >= 15 is 0 Å². The van der Waals surface area contributed by atoms with E-state index in [2.05, 4.69) is 5.32 Å². The minimum absolute atomic E-state index is 0.187. The molecule has 2 aromatic rings. The molecule has 0 aliphatic carbocycles. The van der Waals surface area contributed by atoms with Gasteiger partial charge in [0.2, 0.25) is 5.91 Å². The number of unbranched alkanes of at least 4 members (excludes halogenated alkanes) is 1. The smallest absolute Gasteiger partial charge is 0.410 e. The van der Waals surface area contributed by atoms with Gasteiger partial charge in [-0.3, -0.25) is 9.69 Å². The summed E-state index contributed by atoms with van der Waals surface area (Å²) in [5.41, 5.74) is 1.77. The third-order valence-electron chi connectivity index (χ3n) is 4.88. The lowest BCUT2D eigenvalue weighted by atomic mass is 10.2. The third-order valence-corrected chi connectivity index (χ3v) is 4.88. The van der Waals surface area contributed by atoms with Crippen LogP contribution in [0.15, 0.2) is 54.6 Å². The van der Waals surface area contributed by atoms with Gasteiger partial charge in [-0.1, -0.05) is 43.7 Å². The minimum Gasteiger partial charge on any atom is -0.489 e. The van der Waals surface area contributed by atoms with Crippen molar-refractivity contribution in [3.05, 3.63) is 60.2 Å². The van der Waals surface area contributed by atoms with E-state index in [1.54, 1.807) is 12.1 Å². The maximum absolute atomic E-state index is 12.7. The molecule has 6 nitrogen and oxygen atoms in total. The number of hydrogen-bond acceptors (Lipinski definition) is 4. The summed E-state index contributed by atoms with van der Waals surface area (Å²) >= 11 is 0. The van der Waals surface area contributed by atoms with Crippen LogP contribution in [0.1, 0.15) is 38.2 Å². The molecule has 3 rings (SSSR count). The first-order chi connectivity index (χ1) is 14.2. The first kappa shape index (κ1) is 20.7. The van der Waals surface area contributed by atoms with Gasteiger partial charge in [-0.25, -0.2) is 4.79 Å². The molecule has 1 aliphatic heterocycles. The standard InChI is InChI=1S/C23H28N2O4/c1-2-3-16-28-23(27)25-15-7-10-21(25)22(26)24-19-11-13-20(14-12-19)29-17-18-8-5-4-6-9-18/h4-6,8-9,11-14,21H,2-3,7,10,15-17H2,1H3,(H,24,26)/t21-/m0/s1. The average molecular weight is 396 g/mol. The summed E-state index contributed by atoms with van der Waals surface area (Å²) < 4.78 is 11.0. The highest BCUT2D eigenvalue weighted by atomic mass is 16.6. The lowest BCUT2D eigenvalue weighted by Crippen LogP contribution is -2.43. The van der Waals surface area contributed by atoms with Crippen molar-refractivity contribution in [3.8, 4) is 5.75 Å². The summed E-state index contributed by atoms with van der Waals surface area (Å²) in [7, 11) is 0. The molecule has 0 spiro atoms. The van der Waals surface area contributed by atoms with Gasteiger partial charge in [-0.05, 0) is 49.1 Å². The summed E-state index contributed by atoms with van der Waals surface area (Å²) in [6, 6.07) is 16.7. The van der Waals surface area contributed by atoms with Gasteiger partial charge in [0.25, 0.3) is 0 Å². The first-order valence-electron chi connectivity index (χ1n) is 10.2. The Labute approximate surface area is 171 Å². The van der Waals surface area contributed by atoms with Crippen molar-refractivity contribution in [2.75, 3.05) is 18.5 Å². The van der Waals surface area contributed by atoms with E-state index in [0.29, 0.717) is 31.9 Å². The van der Waals surface area contributed by atoms with Crippen LogP contribution in [0.4, 0.5) is 10.5 Å². The average Bonchev–Trinajstić information content (AvgIpc) is 3.24. The molecule has 1 aliphatic rings. The van der Waals surface area contributed by atoms with Crippen LogP contribution < -0.4 is 10.1 Å². The van der Waals surface area contributed by atoms with Crippen LogP contribution in [0.3, 0.4) is 0 Å². The zero-order valence-electron chi connectivity index (χ0n) is 16.8. The fourth-order valence-electron chi connectivity index (χ4n) is 3.25. The SMILES string of the molecule is CCCCOC(=O)N1CCC[C@H]1C(=O)Nc1ccc(OCc2ccccc2)cc1. The van der Waals surface area contributed by atoms with Crippen molar-refractivity contribution >= 4 is 17.7 Å². The van der Waals surface area contributed by atoms with Crippen LogP contribution >= 0.6 is 0 Å². The van der Waals surface area contributed by atoms with Gasteiger partial charge in [0.15, 0.2) is 0 Å². The van der Waals surface area contributed by atoms with E-state index in [1.807, 2.05) is 49.4 Å². The lowest BCUT2D eigenvalue weighted by molar-refractivity contribution is -0.120. The molecule has 0 radical (unpaired) electrons. The molecule has 1 heterocycles. The molecule has 0 aromatic heterocycles. The fraction of sp³-hybridized carbons (Fsp3) is 0.391. The molecular weight excluding hydrogens is 368 g/mol. The molecule has 1 N–H and O–H groups in total. The second-order valence-electron chi connectivity index (χ2n) is 7.11. The normalized spacial score (nSPS) is 15.8. The monoisotopic (exact) mass is 396 g/mol. The van der Waals surface area contributed by atoms with Gasteiger partial charge in [-0.2, -0.15) is 0 Å². The first-order valence-corrected chi connectivity index (χ1v) is 10.2. The van der Waals surface area contributed by atoms with Crippen LogP contribution in [0, 0.1) is 0 Å². The van der Waals surface area contributed by atoms with Crippen molar-refractivity contribution in [1.29, 1.82) is 0 Å². The van der Waals surface area contributed by atoms with E-state index in [1.165, 1.54) is 4.90 Å². The molecule has 0 bridgehead atoms. The molecule has 29 heavy (non-hydrogen) atoms. The number of hydrogen-bond donors (Lipinski definition) is 1. The Kier molecular flexibility index (Phi) is 7.50. The summed E-state index contributed by atoms with van der Waals surface area (Å²) in [6.45, 7) is 3.47. The number of nitrogens with one attached hydrogen (secondary N) is 1. The highest BCUT2D eigenvalue weighted by Gasteiger charge is 2.35. The zero-order valence-corrected chi connectivity index (χ0v) is 16.8. The Bertz CT molecular complexity index is 792. The summed E-state index contributed by atoms with van der Waals surface area (Å²) in [5, 5.41) is 2.89. The van der Waals surface area contributed by atoms with Crippen LogP contribution in [0.5, 0.6) is 5.75 Å². The Morgan fingerprint density at radius 1 is 1.10 bits per heavy atom. The topological polar surface area (TPSA) is 67.9 Å². The minimum atomic E-state index is -0.488. The van der Waals surface area contributed by atoms with E-state index in [-0.39, 0.29) is 5.91 Å². The number of ether oxygens (including phenoxy) is 2. The highest BCUT2D eigenvalue weighted by Crippen LogP contribution is 2.22. The number of anilines is 1. The number of benzene rings is 2. The van der Waals surface area contributed by atoms with Crippen molar-refractivity contribution in [2.24, 2.45) is 0 Å². The molecule has 0 unspecified atom stereocenters. The molecule has 6 heteroatoms. The van der Waals surface area contributed by atoms with Gasteiger partial charge in [-0.15, -0.1) is 0 Å². The summed E-state index contributed by atoms with van der Waals surface area (Å²) in [4.78, 5) is 26.4. The van der Waals surface area contributed by atoms with Crippen LogP contribution in [0.25, 0.3) is 0 Å². The largest absolute Gasteiger partial charge is 0.489 e. The lowest BCUT2D eigenvalue weighted by Gasteiger charge is -2.23. The second-order valence-corrected chi connectivity index (χ2v) is 7.11. The highest BCUT2D eigenvalue weighted by molar-refractivity contribution is 5.96. The fourth-order valence-corrected chi connectivity index (χ4v) is 3.25. The van der Waals surface area contributed by atoms with Crippen molar-refractivity contribution in [2.45, 2.75) is 45.3 Å². The quantitative estimate of drug-likeness (QED) is 0.662. The van der Waals surface area contributed by atoms with E-state index in [9.17, 15) is 9.59 Å². The molecule has 1 atom stereocenters. The van der Waals surface area contributed by atoms with E-state index in [4.69, 9.17) is 9.47 Å². The number of likely N-dealkylation sites (tertiary alicyclic amines) is 1. The van der Waals surface area contributed by atoms with E-state index < -0.39 is 12.1 Å². The maximum Gasteiger partial charge on any atom is 0.410 e. The van der Waals surface area contributed by atoms with Gasteiger partial charge in [0, 0.05) is 12.2 Å². The molecule has 2 aromatic carbocycles. The molecule has 2 amide bonds. The molecule has 0 saturated carbocycles. The van der Waals surface area contributed by atoms with E-state index in [0.717, 1.165) is 30.6 Å². The van der Waals surface area contributed by atoms with Crippen LogP contribution in [0.2, 0.25) is 0 Å². The van der Waals surface area contributed by atoms with Crippen molar-refractivity contribution in [1.82, 2.24) is 4.90 Å². The third kappa shape index (κ3) is 5.98. The molecule has 1 fully saturated rings. The predicted octanol–water partition coefficient (Wildman–Crippen LogP) is 4.61. The Morgan fingerprint density at radius 3 is 2.59 bits per heavy atom.